The van der Waals surface area contributed by atoms with E-state index in [9.17, 15) is 0 Å². The molecule has 0 amide bonds. The van der Waals surface area contributed by atoms with Crippen LogP contribution in [-0.4, -0.2) is 26.4 Å². The standard InChI is InChI=1S/C17H25NO2/c1-3-19-15-8-12(9-15)10-16(18-2)13-4-5-17-14(11-13)6-7-20-17/h4-5,11-12,15-16,18H,3,6-10H2,1-2H3. The van der Waals surface area contributed by atoms with E-state index in [0.717, 1.165) is 31.3 Å². The summed E-state index contributed by atoms with van der Waals surface area (Å²) in [6.45, 7) is 3.76. The van der Waals surface area contributed by atoms with Crippen LogP contribution in [0.15, 0.2) is 18.2 Å². The van der Waals surface area contributed by atoms with Crippen molar-refractivity contribution in [3.8, 4) is 5.75 Å². The summed E-state index contributed by atoms with van der Waals surface area (Å²) < 4.78 is 11.2. The van der Waals surface area contributed by atoms with Crippen LogP contribution in [0.2, 0.25) is 0 Å². The van der Waals surface area contributed by atoms with Gasteiger partial charge in [-0.15, -0.1) is 0 Å². The number of rotatable bonds is 6. The zero-order chi connectivity index (χ0) is 13.9. The van der Waals surface area contributed by atoms with Crippen LogP contribution in [0.25, 0.3) is 0 Å². The summed E-state index contributed by atoms with van der Waals surface area (Å²) in [6.07, 6.45) is 5.21. The average Bonchev–Trinajstić information content (AvgIpc) is 2.88. The first-order chi connectivity index (χ1) is 9.80. The maximum atomic E-state index is 5.65. The van der Waals surface area contributed by atoms with Gasteiger partial charge in [0, 0.05) is 19.1 Å². The van der Waals surface area contributed by atoms with Crippen molar-refractivity contribution in [2.75, 3.05) is 20.3 Å². The van der Waals surface area contributed by atoms with Crippen molar-refractivity contribution in [1.82, 2.24) is 5.32 Å². The first-order valence-corrected chi connectivity index (χ1v) is 7.84. The van der Waals surface area contributed by atoms with E-state index in [1.54, 1.807) is 0 Å². The predicted octanol–water partition coefficient (Wildman–Crippen LogP) is 3.09. The topological polar surface area (TPSA) is 30.5 Å². The molecule has 1 aliphatic heterocycles. The Labute approximate surface area is 121 Å². The van der Waals surface area contributed by atoms with Crippen molar-refractivity contribution in [3.63, 3.8) is 0 Å². The second-order valence-corrected chi connectivity index (χ2v) is 5.96. The molecule has 3 nitrogen and oxygen atoms in total. The highest BCUT2D eigenvalue weighted by Crippen LogP contribution is 2.38. The fourth-order valence-electron chi connectivity index (χ4n) is 3.42. The van der Waals surface area contributed by atoms with Crippen molar-refractivity contribution < 1.29 is 9.47 Å². The molecule has 0 aromatic heterocycles. The van der Waals surface area contributed by atoms with Crippen LogP contribution in [0.4, 0.5) is 0 Å². The molecular formula is C17H25NO2. The lowest BCUT2D eigenvalue weighted by atomic mass is 9.77. The van der Waals surface area contributed by atoms with E-state index in [4.69, 9.17) is 9.47 Å². The largest absolute Gasteiger partial charge is 0.493 e. The lowest BCUT2D eigenvalue weighted by molar-refractivity contribution is -0.0289. The van der Waals surface area contributed by atoms with Crippen molar-refractivity contribution in [3.05, 3.63) is 29.3 Å². The summed E-state index contributed by atoms with van der Waals surface area (Å²) >= 11 is 0. The minimum atomic E-state index is 0.452. The lowest BCUT2D eigenvalue weighted by Crippen LogP contribution is -2.34. The highest BCUT2D eigenvalue weighted by Gasteiger charge is 2.31. The highest BCUT2D eigenvalue weighted by molar-refractivity contribution is 5.40. The van der Waals surface area contributed by atoms with E-state index in [0.29, 0.717) is 12.1 Å². The van der Waals surface area contributed by atoms with Crippen LogP contribution >= 0.6 is 0 Å². The van der Waals surface area contributed by atoms with Gasteiger partial charge in [0.15, 0.2) is 0 Å². The Kier molecular flexibility index (Phi) is 4.27. The maximum Gasteiger partial charge on any atom is 0.122 e. The number of benzene rings is 1. The summed E-state index contributed by atoms with van der Waals surface area (Å²) in [5, 5.41) is 3.47. The molecule has 1 N–H and O–H groups in total. The number of hydrogen-bond donors (Lipinski definition) is 1. The van der Waals surface area contributed by atoms with Gasteiger partial charge in [-0.3, -0.25) is 0 Å². The first kappa shape index (κ1) is 13.9. The smallest absolute Gasteiger partial charge is 0.122 e. The molecule has 2 aliphatic rings. The second-order valence-electron chi connectivity index (χ2n) is 5.96. The molecule has 1 aromatic carbocycles. The fraction of sp³-hybridized carbons (Fsp3) is 0.647. The Bertz CT molecular complexity index is 454. The number of ether oxygens (including phenoxy) is 2. The van der Waals surface area contributed by atoms with Gasteiger partial charge in [-0.2, -0.15) is 0 Å². The van der Waals surface area contributed by atoms with Crippen LogP contribution in [0.5, 0.6) is 5.75 Å². The third-order valence-electron chi connectivity index (χ3n) is 4.63. The van der Waals surface area contributed by atoms with Crippen molar-refractivity contribution in [2.45, 2.75) is 44.8 Å². The third kappa shape index (κ3) is 2.84. The molecule has 1 heterocycles. The van der Waals surface area contributed by atoms with Gasteiger partial charge in [-0.1, -0.05) is 12.1 Å². The van der Waals surface area contributed by atoms with Crippen LogP contribution in [0.3, 0.4) is 0 Å². The number of nitrogens with one attached hydrogen (secondary N) is 1. The van der Waals surface area contributed by atoms with Crippen LogP contribution in [-0.2, 0) is 11.2 Å². The van der Waals surface area contributed by atoms with Crippen molar-refractivity contribution in [1.29, 1.82) is 0 Å². The summed E-state index contributed by atoms with van der Waals surface area (Å²) in [5.74, 6) is 1.87. The second kappa shape index (κ2) is 6.15. The zero-order valence-electron chi connectivity index (χ0n) is 12.5. The summed E-state index contributed by atoms with van der Waals surface area (Å²) in [7, 11) is 2.06. The predicted molar refractivity (Wildman–Crippen MR) is 80.2 cm³/mol. The molecule has 0 saturated heterocycles. The van der Waals surface area contributed by atoms with Gasteiger partial charge in [0.05, 0.1) is 12.7 Å². The molecule has 3 rings (SSSR count). The lowest BCUT2D eigenvalue weighted by Gasteiger charge is -2.37. The maximum absolute atomic E-state index is 5.65. The van der Waals surface area contributed by atoms with Gasteiger partial charge in [0.2, 0.25) is 0 Å². The molecule has 1 unspecified atom stereocenters. The average molecular weight is 275 g/mol. The van der Waals surface area contributed by atoms with E-state index in [-0.39, 0.29) is 0 Å². The molecule has 3 heteroatoms. The van der Waals surface area contributed by atoms with Gasteiger partial charge in [0.25, 0.3) is 0 Å². The van der Waals surface area contributed by atoms with E-state index in [1.165, 1.54) is 30.4 Å². The molecule has 110 valence electrons. The highest BCUT2D eigenvalue weighted by atomic mass is 16.5. The third-order valence-corrected chi connectivity index (χ3v) is 4.63. The molecule has 1 aliphatic carbocycles. The SMILES string of the molecule is CCOC1CC(CC(NC)c2ccc3c(c2)CCO3)C1. The van der Waals surface area contributed by atoms with Crippen LogP contribution in [0.1, 0.15) is 43.4 Å². The fourth-order valence-corrected chi connectivity index (χ4v) is 3.42. The van der Waals surface area contributed by atoms with Gasteiger partial charge in [0.1, 0.15) is 5.75 Å². The molecule has 0 bridgehead atoms. The van der Waals surface area contributed by atoms with E-state index in [2.05, 4.69) is 37.5 Å². The van der Waals surface area contributed by atoms with E-state index >= 15 is 0 Å². The normalized spacial score (nSPS) is 25.7. The van der Waals surface area contributed by atoms with Crippen LogP contribution < -0.4 is 10.1 Å². The number of hydrogen-bond acceptors (Lipinski definition) is 3. The summed E-state index contributed by atoms with van der Waals surface area (Å²) in [5.41, 5.74) is 2.76. The van der Waals surface area contributed by atoms with E-state index < -0.39 is 0 Å². The quantitative estimate of drug-likeness (QED) is 0.865. The molecule has 20 heavy (non-hydrogen) atoms. The Morgan fingerprint density at radius 2 is 2.25 bits per heavy atom. The summed E-state index contributed by atoms with van der Waals surface area (Å²) in [6, 6.07) is 7.12. The Hall–Kier alpha value is -1.06. The van der Waals surface area contributed by atoms with Gasteiger partial charge in [-0.05, 0) is 56.3 Å². The minimum Gasteiger partial charge on any atom is -0.493 e. The van der Waals surface area contributed by atoms with Gasteiger partial charge < -0.3 is 14.8 Å². The zero-order valence-corrected chi connectivity index (χ0v) is 12.5. The van der Waals surface area contributed by atoms with Gasteiger partial charge in [-0.25, -0.2) is 0 Å². The van der Waals surface area contributed by atoms with Crippen molar-refractivity contribution >= 4 is 0 Å². The summed E-state index contributed by atoms with van der Waals surface area (Å²) in [4.78, 5) is 0. The Balaban J connectivity index is 1.60. The van der Waals surface area contributed by atoms with Gasteiger partial charge >= 0.3 is 0 Å². The van der Waals surface area contributed by atoms with Crippen LogP contribution in [0, 0.1) is 5.92 Å². The molecule has 1 saturated carbocycles. The molecule has 0 spiro atoms. The molecule has 1 atom stereocenters. The molecule has 1 aromatic rings. The monoisotopic (exact) mass is 275 g/mol. The molecular weight excluding hydrogens is 250 g/mol. The van der Waals surface area contributed by atoms with E-state index in [1.807, 2.05) is 0 Å². The Morgan fingerprint density at radius 3 is 3.00 bits per heavy atom. The molecule has 1 fully saturated rings. The minimum absolute atomic E-state index is 0.452. The molecule has 0 radical (unpaired) electrons. The Morgan fingerprint density at radius 1 is 1.40 bits per heavy atom. The van der Waals surface area contributed by atoms with Crippen molar-refractivity contribution in [2.24, 2.45) is 5.92 Å². The first-order valence-electron chi connectivity index (χ1n) is 7.84. The number of fused-ring (bicyclic) bond motifs is 1.